The maximum Gasteiger partial charge on any atom is 0.323 e. The van der Waals surface area contributed by atoms with Crippen LogP contribution >= 0.6 is 11.6 Å². The highest BCUT2D eigenvalue weighted by atomic mass is 35.5. The van der Waals surface area contributed by atoms with Crippen LogP contribution in [-0.4, -0.2) is 23.5 Å². The Morgan fingerprint density at radius 3 is 2.57 bits per heavy atom. The van der Waals surface area contributed by atoms with Crippen molar-refractivity contribution in [3.8, 4) is 0 Å². The van der Waals surface area contributed by atoms with Crippen molar-refractivity contribution < 1.29 is 14.7 Å². The molecule has 1 aliphatic rings. The highest BCUT2D eigenvalue weighted by molar-refractivity contribution is 6.31. The molecule has 0 bridgehead atoms. The van der Waals surface area contributed by atoms with Gasteiger partial charge in [-0.1, -0.05) is 41.9 Å². The second kappa shape index (κ2) is 5.22. The third-order valence-corrected chi connectivity index (χ3v) is 3.77. The molecule has 0 fully saturated rings. The SMILES string of the molecule is O=C(O)CN1C(=O)C(c2ccccc2)c2cc(Cl)ccc21. The Morgan fingerprint density at radius 2 is 1.90 bits per heavy atom. The monoisotopic (exact) mass is 301 g/mol. The van der Waals surface area contributed by atoms with Crippen molar-refractivity contribution in [1.82, 2.24) is 0 Å². The standard InChI is InChI=1S/C16H12ClNO3/c17-11-6-7-13-12(8-11)15(10-4-2-1-3-5-10)16(21)18(13)9-14(19)20/h1-8,15H,9H2,(H,19,20). The normalized spacial score (nSPS) is 16.9. The lowest BCUT2D eigenvalue weighted by molar-refractivity contribution is -0.136. The molecule has 0 spiro atoms. The Kier molecular flexibility index (Phi) is 3.39. The van der Waals surface area contributed by atoms with Crippen LogP contribution in [0.5, 0.6) is 0 Å². The van der Waals surface area contributed by atoms with Gasteiger partial charge in [-0.05, 0) is 29.3 Å². The van der Waals surface area contributed by atoms with Crippen molar-refractivity contribution in [2.75, 3.05) is 11.4 Å². The van der Waals surface area contributed by atoms with Gasteiger partial charge in [0.1, 0.15) is 6.54 Å². The molecular weight excluding hydrogens is 290 g/mol. The highest BCUT2D eigenvalue weighted by Crippen LogP contribution is 2.42. The fraction of sp³-hybridized carbons (Fsp3) is 0.125. The number of fused-ring (bicyclic) bond motifs is 1. The number of halogens is 1. The van der Waals surface area contributed by atoms with Crippen LogP contribution in [0, 0.1) is 0 Å². The van der Waals surface area contributed by atoms with Gasteiger partial charge in [0, 0.05) is 10.7 Å². The summed E-state index contributed by atoms with van der Waals surface area (Å²) < 4.78 is 0. The minimum Gasteiger partial charge on any atom is -0.480 e. The second-order valence-corrected chi connectivity index (χ2v) is 5.30. The maximum absolute atomic E-state index is 12.6. The molecule has 0 aromatic heterocycles. The van der Waals surface area contributed by atoms with E-state index in [0.29, 0.717) is 10.7 Å². The number of rotatable bonds is 3. The second-order valence-electron chi connectivity index (χ2n) is 4.86. The Labute approximate surface area is 126 Å². The van der Waals surface area contributed by atoms with Crippen LogP contribution in [-0.2, 0) is 9.59 Å². The number of carbonyl (C=O) groups is 2. The zero-order chi connectivity index (χ0) is 15.0. The summed E-state index contributed by atoms with van der Waals surface area (Å²) in [6, 6.07) is 14.4. The van der Waals surface area contributed by atoms with E-state index in [1.807, 2.05) is 30.3 Å². The number of aliphatic carboxylic acids is 1. The van der Waals surface area contributed by atoms with Gasteiger partial charge in [-0.15, -0.1) is 0 Å². The molecule has 0 radical (unpaired) electrons. The predicted octanol–water partition coefficient (Wildman–Crippen LogP) is 2.90. The fourth-order valence-electron chi connectivity index (χ4n) is 2.68. The fourth-order valence-corrected chi connectivity index (χ4v) is 2.86. The summed E-state index contributed by atoms with van der Waals surface area (Å²) in [5.74, 6) is -1.78. The summed E-state index contributed by atoms with van der Waals surface area (Å²) in [7, 11) is 0. The average Bonchev–Trinajstić information content (AvgIpc) is 2.71. The van der Waals surface area contributed by atoms with Gasteiger partial charge in [0.15, 0.2) is 0 Å². The van der Waals surface area contributed by atoms with E-state index in [1.165, 1.54) is 4.90 Å². The molecule has 5 heteroatoms. The van der Waals surface area contributed by atoms with Gasteiger partial charge in [-0.3, -0.25) is 9.59 Å². The topological polar surface area (TPSA) is 57.6 Å². The first-order valence-electron chi connectivity index (χ1n) is 6.45. The number of benzene rings is 2. The lowest BCUT2D eigenvalue weighted by Gasteiger charge is -2.15. The lowest BCUT2D eigenvalue weighted by Crippen LogP contribution is -2.34. The maximum atomic E-state index is 12.6. The number of hydrogen-bond donors (Lipinski definition) is 1. The molecule has 1 unspecified atom stereocenters. The number of nitrogens with zero attached hydrogens (tertiary/aromatic N) is 1. The van der Waals surface area contributed by atoms with Crippen LogP contribution < -0.4 is 4.90 Å². The molecule has 0 aliphatic carbocycles. The van der Waals surface area contributed by atoms with Crippen molar-refractivity contribution in [2.45, 2.75) is 5.92 Å². The van der Waals surface area contributed by atoms with Gasteiger partial charge >= 0.3 is 5.97 Å². The molecule has 1 N–H and O–H groups in total. The Hall–Kier alpha value is -2.33. The first kappa shape index (κ1) is 13.6. The third-order valence-electron chi connectivity index (χ3n) is 3.53. The Bertz CT molecular complexity index is 715. The molecule has 0 saturated carbocycles. The zero-order valence-corrected chi connectivity index (χ0v) is 11.7. The van der Waals surface area contributed by atoms with Gasteiger partial charge in [0.05, 0.1) is 5.92 Å². The average molecular weight is 302 g/mol. The van der Waals surface area contributed by atoms with E-state index in [2.05, 4.69) is 0 Å². The van der Waals surface area contributed by atoms with E-state index in [0.717, 1.165) is 11.1 Å². The summed E-state index contributed by atoms with van der Waals surface area (Å²) >= 11 is 6.03. The van der Waals surface area contributed by atoms with E-state index in [1.54, 1.807) is 18.2 Å². The number of carbonyl (C=O) groups excluding carboxylic acids is 1. The quantitative estimate of drug-likeness (QED) is 0.948. The van der Waals surface area contributed by atoms with Crippen molar-refractivity contribution in [3.63, 3.8) is 0 Å². The minimum atomic E-state index is -1.04. The molecule has 1 aliphatic heterocycles. The van der Waals surface area contributed by atoms with Crippen LogP contribution in [0.15, 0.2) is 48.5 Å². The van der Waals surface area contributed by atoms with Gasteiger partial charge in [0.25, 0.3) is 0 Å². The van der Waals surface area contributed by atoms with Crippen molar-refractivity contribution in [1.29, 1.82) is 0 Å². The van der Waals surface area contributed by atoms with E-state index in [9.17, 15) is 9.59 Å². The van der Waals surface area contributed by atoms with E-state index in [4.69, 9.17) is 16.7 Å². The molecule has 106 valence electrons. The molecule has 1 heterocycles. The molecule has 4 nitrogen and oxygen atoms in total. The molecule has 0 saturated heterocycles. The molecule has 1 atom stereocenters. The first-order valence-corrected chi connectivity index (χ1v) is 6.83. The summed E-state index contributed by atoms with van der Waals surface area (Å²) in [5, 5.41) is 9.54. The predicted molar refractivity (Wildman–Crippen MR) is 79.7 cm³/mol. The summed E-state index contributed by atoms with van der Waals surface area (Å²) in [6.45, 7) is -0.350. The summed E-state index contributed by atoms with van der Waals surface area (Å²) in [5.41, 5.74) is 2.19. The molecule has 3 rings (SSSR count). The number of hydrogen-bond acceptors (Lipinski definition) is 2. The van der Waals surface area contributed by atoms with E-state index in [-0.39, 0.29) is 12.5 Å². The molecule has 21 heavy (non-hydrogen) atoms. The molecular formula is C16H12ClNO3. The molecule has 2 aromatic carbocycles. The number of anilines is 1. The minimum absolute atomic E-state index is 0.235. The zero-order valence-electron chi connectivity index (χ0n) is 11.0. The van der Waals surface area contributed by atoms with Gasteiger partial charge in [-0.2, -0.15) is 0 Å². The van der Waals surface area contributed by atoms with Crippen molar-refractivity contribution in [3.05, 3.63) is 64.7 Å². The Balaban J connectivity index is 2.13. The van der Waals surface area contributed by atoms with E-state index >= 15 is 0 Å². The van der Waals surface area contributed by atoms with Crippen LogP contribution in [0.3, 0.4) is 0 Å². The third kappa shape index (κ3) is 2.38. The highest BCUT2D eigenvalue weighted by Gasteiger charge is 2.39. The van der Waals surface area contributed by atoms with Crippen molar-refractivity contribution in [2.24, 2.45) is 0 Å². The van der Waals surface area contributed by atoms with Crippen molar-refractivity contribution >= 4 is 29.2 Å². The van der Waals surface area contributed by atoms with Crippen LogP contribution in [0.25, 0.3) is 0 Å². The smallest absolute Gasteiger partial charge is 0.323 e. The lowest BCUT2D eigenvalue weighted by atomic mass is 9.93. The van der Waals surface area contributed by atoms with Gasteiger partial charge in [-0.25, -0.2) is 0 Å². The summed E-state index contributed by atoms with van der Waals surface area (Å²) in [4.78, 5) is 24.9. The van der Waals surface area contributed by atoms with Gasteiger partial charge < -0.3 is 10.0 Å². The van der Waals surface area contributed by atoms with Crippen LogP contribution in [0.1, 0.15) is 17.0 Å². The molecule has 2 aromatic rings. The summed E-state index contributed by atoms with van der Waals surface area (Å²) in [6.07, 6.45) is 0. The van der Waals surface area contributed by atoms with E-state index < -0.39 is 11.9 Å². The largest absolute Gasteiger partial charge is 0.480 e. The van der Waals surface area contributed by atoms with Gasteiger partial charge in [0.2, 0.25) is 5.91 Å². The number of carboxylic acid groups (broad SMARTS) is 1. The molecule has 1 amide bonds. The number of amides is 1. The number of carboxylic acids is 1. The Morgan fingerprint density at radius 1 is 1.19 bits per heavy atom. The van der Waals surface area contributed by atoms with Crippen LogP contribution in [0.4, 0.5) is 5.69 Å². The first-order chi connectivity index (χ1) is 10.1. The van der Waals surface area contributed by atoms with Crippen LogP contribution in [0.2, 0.25) is 5.02 Å².